The van der Waals surface area contributed by atoms with Gasteiger partial charge in [-0.05, 0) is 148 Å². The summed E-state index contributed by atoms with van der Waals surface area (Å²) < 4.78 is 0. The van der Waals surface area contributed by atoms with Crippen molar-refractivity contribution in [3.05, 3.63) is 164 Å². The van der Waals surface area contributed by atoms with Crippen LogP contribution >= 0.6 is 0 Å². The van der Waals surface area contributed by atoms with Crippen molar-refractivity contribution in [1.82, 2.24) is 5.32 Å². The van der Waals surface area contributed by atoms with Gasteiger partial charge in [0, 0.05) is 18.5 Å². The number of amides is 1. The SMILES string of the molecule is CC(=O)c1ccc(C(C)(C)C)c(CO)c1.CC(C)/C=C/CCCCC(=O)NCc1ccc(C(C)(C)C)c(CO)c1.Cc1ccc(/C=C/C(=O)CC(=O)/C=C/c2ccc(C(C)(C)C)c(CO)c2)cc1C. The number of aliphatic hydroxyl groups excluding tert-OH is 3. The lowest BCUT2D eigenvalue weighted by Crippen LogP contribution is -2.23. The highest BCUT2D eigenvalue weighted by molar-refractivity contribution is 6.10. The molecule has 0 spiro atoms. The van der Waals surface area contributed by atoms with E-state index in [4.69, 9.17) is 0 Å². The molecule has 0 saturated carbocycles. The van der Waals surface area contributed by atoms with Gasteiger partial charge in [-0.1, -0.05) is 161 Å². The molecule has 0 heterocycles. The number of aliphatic hydroxyl groups is 3. The van der Waals surface area contributed by atoms with Gasteiger partial charge in [0.15, 0.2) is 17.3 Å². The fourth-order valence-corrected chi connectivity index (χ4v) is 7.62. The van der Waals surface area contributed by atoms with E-state index in [2.05, 4.69) is 99.7 Å². The zero-order valence-electron chi connectivity index (χ0n) is 44.3. The molecule has 8 heteroatoms. The van der Waals surface area contributed by atoms with Crippen LogP contribution in [0.2, 0.25) is 0 Å². The lowest BCUT2D eigenvalue weighted by Gasteiger charge is -2.23. The average Bonchev–Trinajstić information content (AvgIpc) is 3.28. The Morgan fingerprint density at radius 3 is 1.57 bits per heavy atom. The van der Waals surface area contributed by atoms with Crippen molar-refractivity contribution in [2.24, 2.45) is 5.92 Å². The Bertz CT molecular complexity index is 2410. The molecule has 4 rings (SSSR count). The number of aryl methyl sites for hydroxylation is 2. The Morgan fingerprint density at radius 1 is 0.594 bits per heavy atom. The average molecular weight is 942 g/mol. The second kappa shape index (κ2) is 28.2. The number of benzene rings is 4. The van der Waals surface area contributed by atoms with Crippen LogP contribution in [0.1, 0.15) is 187 Å². The molecule has 374 valence electrons. The van der Waals surface area contributed by atoms with Crippen LogP contribution in [0.15, 0.2) is 97.1 Å². The summed E-state index contributed by atoms with van der Waals surface area (Å²) in [5.41, 5.74) is 11.7. The van der Waals surface area contributed by atoms with E-state index >= 15 is 0 Å². The molecule has 0 saturated heterocycles. The molecular formula is C61H83NO7. The molecule has 0 bridgehead atoms. The van der Waals surface area contributed by atoms with Crippen LogP contribution in [-0.4, -0.2) is 38.6 Å². The van der Waals surface area contributed by atoms with Gasteiger partial charge in [0.1, 0.15) is 0 Å². The highest BCUT2D eigenvalue weighted by Gasteiger charge is 2.20. The molecule has 0 unspecified atom stereocenters. The Morgan fingerprint density at radius 2 is 1.07 bits per heavy atom. The lowest BCUT2D eigenvalue weighted by molar-refractivity contribution is -0.122. The van der Waals surface area contributed by atoms with Crippen molar-refractivity contribution >= 4 is 35.4 Å². The number of allylic oxidation sites excluding steroid dienone is 4. The van der Waals surface area contributed by atoms with E-state index in [-0.39, 0.29) is 65.7 Å². The maximum absolute atomic E-state index is 12.1. The quantitative estimate of drug-likeness (QED) is 0.0256. The van der Waals surface area contributed by atoms with Gasteiger partial charge in [0.2, 0.25) is 5.91 Å². The normalized spacial score (nSPS) is 12.0. The number of ketones is 3. The van der Waals surface area contributed by atoms with E-state index in [1.54, 1.807) is 18.2 Å². The monoisotopic (exact) mass is 942 g/mol. The van der Waals surface area contributed by atoms with Crippen molar-refractivity contribution in [3.63, 3.8) is 0 Å². The van der Waals surface area contributed by atoms with Crippen LogP contribution in [-0.2, 0) is 57.0 Å². The minimum Gasteiger partial charge on any atom is -0.392 e. The third-order valence-corrected chi connectivity index (χ3v) is 11.6. The summed E-state index contributed by atoms with van der Waals surface area (Å²) in [6, 6.07) is 23.4. The van der Waals surface area contributed by atoms with Gasteiger partial charge >= 0.3 is 0 Å². The molecule has 0 atom stereocenters. The van der Waals surface area contributed by atoms with Crippen molar-refractivity contribution in [2.45, 2.75) is 172 Å². The third kappa shape index (κ3) is 21.7. The predicted molar refractivity (Wildman–Crippen MR) is 286 cm³/mol. The largest absolute Gasteiger partial charge is 0.392 e. The summed E-state index contributed by atoms with van der Waals surface area (Å²) in [6.07, 6.45) is 14.1. The van der Waals surface area contributed by atoms with E-state index in [0.717, 1.165) is 69.3 Å². The molecule has 0 fully saturated rings. The smallest absolute Gasteiger partial charge is 0.220 e. The fraction of sp³-hybridized carbons (Fsp3) is 0.443. The first kappa shape index (κ1) is 59.6. The zero-order valence-corrected chi connectivity index (χ0v) is 44.3. The minimum absolute atomic E-state index is 0.00383. The van der Waals surface area contributed by atoms with Crippen LogP contribution < -0.4 is 5.32 Å². The van der Waals surface area contributed by atoms with Crippen LogP contribution in [0.25, 0.3) is 12.2 Å². The van der Waals surface area contributed by atoms with E-state index < -0.39 is 0 Å². The fourth-order valence-electron chi connectivity index (χ4n) is 7.62. The van der Waals surface area contributed by atoms with Crippen molar-refractivity contribution in [1.29, 1.82) is 0 Å². The number of rotatable bonds is 18. The van der Waals surface area contributed by atoms with E-state index in [9.17, 15) is 34.5 Å². The van der Waals surface area contributed by atoms with Gasteiger partial charge in [-0.25, -0.2) is 0 Å². The number of Topliss-reactive ketones (excluding diaryl/α,β-unsaturated/α-hetero) is 1. The minimum atomic E-state index is -0.245. The number of hydrogen-bond acceptors (Lipinski definition) is 7. The Labute approximate surface area is 415 Å². The summed E-state index contributed by atoms with van der Waals surface area (Å²) in [5.74, 6) is 0.252. The van der Waals surface area contributed by atoms with Crippen molar-refractivity contribution in [3.8, 4) is 0 Å². The number of nitrogens with one attached hydrogen (secondary N) is 1. The first-order chi connectivity index (χ1) is 32.2. The van der Waals surface area contributed by atoms with Gasteiger partial charge in [-0.3, -0.25) is 19.2 Å². The number of hydrogen-bond donors (Lipinski definition) is 4. The highest BCUT2D eigenvalue weighted by Crippen LogP contribution is 2.29. The predicted octanol–water partition coefficient (Wildman–Crippen LogP) is 12.9. The van der Waals surface area contributed by atoms with Gasteiger partial charge in [0.25, 0.3) is 0 Å². The zero-order chi connectivity index (χ0) is 52.1. The Balaban J connectivity index is 0.000000372. The molecule has 4 N–H and O–H groups in total. The molecule has 0 aliphatic carbocycles. The van der Waals surface area contributed by atoms with Crippen LogP contribution in [0, 0.1) is 19.8 Å². The van der Waals surface area contributed by atoms with Crippen LogP contribution in [0.5, 0.6) is 0 Å². The molecule has 0 aliphatic heterocycles. The molecule has 1 amide bonds. The van der Waals surface area contributed by atoms with Crippen molar-refractivity contribution < 1.29 is 34.5 Å². The summed E-state index contributed by atoms with van der Waals surface area (Å²) >= 11 is 0. The lowest BCUT2D eigenvalue weighted by atomic mass is 9.83. The second-order valence-corrected chi connectivity index (χ2v) is 21.4. The van der Waals surface area contributed by atoms with Gasteiger partial charge < -0.3 is 20.6 Å². The van der Waals surface area contributed by atoms with E-state index in [0.29, 0.717) is 24.4 Å². The summed E-state index contributed by atoms with van der Waals surface area (Å²) in [4.78, 5) is 47.3. The summed E-state index contributed by atoms with van der Waals surface area (Å²) in [6.45, 7) is 29.4. The molecule has 4 aromatic carbocycles. The van der Waals surface area contributed by atoms with E-state index in [1.165, 1.54) is 30.2 Å². The summed E-state index contributed by atoms with van der Waals surface area (Å²) in [7, 11) is 0. The maximum Gasteiger partial charge on any atom is 0.220 e. The molecule has 4 aromatic rings. The van der Waals surface area contributed by atoms with Gasteiger partial charge in [0.05, 0.1) is 26.2 Å². The van der Waals surface area contributed by atoms with E-state index in [1.807, 2.05) is 74.5 Å². The Kier molecular flexibility index (Phi) is 24.4. The Hall–Kier alpha value is -5.54. The number of carbonyl (C=O) groups is 4. The van der Waals surface area contributed by atoms with Gasteiger partial charge in [-0.15, -0.1) is 0 Å². The molecule has 0 aromatic heterocycles. The van der Waals surface area contributed by atoms with Crippen LogP contribution in [0.4, 0.5) is 0 Å². The molecular weight excluding hydrogens is 859 g/mol. The third-order valence-electron chi connectivity index (χ3n) is 11.6. The standard InChI is InChI=1S/C26H30O3.C22H35NO2.C13H18O2/c1-18-6-7-20(14-19(18)2)8-11-23(28)16-24(29)12-9-21-10-13-25(26(3,4)5)22(15-21)17-27;1-17(2)10-8-6-7-9-11-21(25)23-15-18-12-13-20(22(3,4)5)19(14-18)16-24;1-9(15)10-5-6-12(13(2,3)4)11(7-10)8-14/h6-15,27H,16-17H2,1-5H3;8,10,12-14,17,24H,6-7,9,11,15-16H2,1-5H3,(H,23,25);5-7,14H,8H2,1-4H3/b11-8+,12-9+;10-8+;. The molecule has 0 radical (unpaired) electrons. The van der Waals surface area contributed by atoms with Crippen LogP contribution in [0.3, 0.4) is 0 Å². The molecule has 0 aliphatic rings. The topological polar surface area (TPSA) is 141 Å². The highest BCUT2D eigenvalue weighted by atomic mass is 16.3. The number of carbonyl (C=O) groups excluding carboxylic acids is 4. The van der Waals surface area contributed by atoms with Gasteiger partial charge in [-0.2, -0.15) is 0 Å². The maximum atomic E-state index is 12.1. The molecule has 8 nitrogen and oxygen atoms in total. The first-order valence-electron chi connectivity index (χ1n) is 24.3. The second-order valence-electron chi connectivity index (χ2n) is 21.4. The first-order valence-corrected chi connectivity index (χ1v) is 24.3. The molecule has 69 heavy (non-hydrogen) atoms. The van der Waals surface area contributed by atoms with Crippen molar-refractivity contribution in [2.75, 3.05) is 0 Å². The number of unbranched alkanes of at least 4 members (excludes halogenated alkanes) is 2. The summed E-state index contributed by atoms with van der Waals surface area (Å²) in [5, 5.41) is 31.5.